The molecule has 0 saturated heterocycles. The van der Waals surface area contributed by atoms with Crippen molar-refractivity contribution in [3.8, 4) is 34.9 Å². The molecule has 26 heavy (non-hydrogen) atoms. The second-order valence-corrected chi connectivity index (χ2v) is 6.00. The molecule has 2 aromatic heterocycles. The SMILES string of the molecule is C#CCn1cnc(-c2ccccc2)c1-c1ccccc1Cn1cccn1. The van der Waals surface area contributed by atoms with Gasteiger partial charge in [-0.15, -0.1) is 6.42 Å². The van der Waals surface area contributed by atoms with Crippen molar-refractivity contribution in [1.29, 1.82) is 0 Å². The highest BCUT2D eigenvalue weighted by Gasteiger charge is 2.17. The quantitative estimate of drug-likeness (QED) is 0.514. The van der Waals surface area contributed by atoms with E-state index in [1.807, 2.05) is 58.2 Å². The largest absolute Gasteiger partial charge is 0.318 e. The standard InChI is InChI=1S/C22H18N4/c1-2-14-25-17-23-21(18-9-4-3-5-10-18)22(25)20-12-7-6-11-19(20)16-26-15-8-13-24-26/h1,3-13,15,17H,14,16H2. The summed E-state index contributed by atoms with van der Waals surface area (Å²) in [4.78, 5) is 4.66. The predicted molar refractivity (Wildman–Crippen MR) is 103 cm³/mol. The van der Waals surface area contributed by atoms with Gasteiger partial charge in [-0.1, -0.05) is 60.5 Å². The minimum atomic E-state index is 0.477. The lowest BCUT2D eigenvalue weighted by Gasteiger charge is -2.13. The third-order valence-corrected chi connectivity index (χ3v) is 4.31. The lowest BCUT2D eigenvalue weighted by Crippen LogP contribution is -2.04. The first-order valence-electron chi connectivity index (χ1n) is 8.46. The molecule has 4 heteroatoms. The summed E-state index contributed by atoms with van der Waals surface area (Å²) in [5.74, 6) is 2.73. The molecule has 0 aliphatic carbocycles. The van der Waals surface area contributed by atoms with Crippen LogP contribution in [0.25, 0.3) is 22.5 Å². The Labute approximate surface area is 152 Å². The van der Waals surface area contributed by atoms with Crippen LogP contribution in [0.5, 0.6) is 0 Å². The molecule has 4 nitrogen and oxygen atoms in total. The number of hydrogen-bond donors (Lipinski definition) is 0. The third kappa shape index (κ3) is 3.03. The first kappa shape index (κ1) is 15.9. The second kappa shape index (κ2) is 7.12. The lowest BCUT2D eigenvalue weighted by molar-refractivity contribution is 0.687. The van der Waals surface area contributed by atoms with E-state index in [2.05, 4.69) is 40.3 Å². The van der Waals surface area contributed by atoms with Gasteiger partial charge in [-0.2, -0.15) is 5.10 Å². The molecule has 0 radical (unpaired) electrons. The summed E-state index contributed by atoms with van der Waals surface area (Å²) < 4.78 is 3.95. The fourth-order valence-electron chi connectivity index (χ4n) is 3.15. The summed E-state index contributed by atoms with van der Waals surface area (Å²) in [6.07, 6.45) is 11.2. The van der Waals surface area contributed by atoms with E-state index in [9.17, 15) is 0 Å². The van der Waals surface area contributed by atoms with Crippen molar-refractivity contribution < 1.29 is 0 Å². The van der Waals surface area contributed by atoms with Gasteiger partial charge in [0.05, 0.1) is 30.8 Å². The number of terminal acetylenes is 1. The van der Waals surface area contributed by atoms with E-state index in [-0.39, 0.29) is 0 Å². The van der Waals surface area contributed by atoms with Gasteiger partial charge in [0.1, 0.15) is 0 Å². The maximum Gasteiger partial charge on any atom is 0.0967 e. The van der Waals surface area contributed by atoms with E-state index in [1.54, 1.807) is 6.20 Å². The average molecular weight is 338 g/mol. The molecule has 0 N–H and O–H groups in total. The monoisotopic (exact) mass is 338 g/mol. The van der Waals surface area contributed by atoms with Crippen LogP contribution in [0.2, 0.25) is 0 Å². The molecule has 0 atom stereocenters. The van der Waals surface area contributed by atoms with E-state index in [1.165, 1.54) is 5.56 Å². The van der Waals surface area contributed by atoms with Crippen molar-refractivity contribution in [3.05, 3.63) is 84.9 Å². The van der Waals surface area contributed by atoms with Gasteiger partial charge in [-0.3, -0.25) is 4.68 Å². The van der Waals surface area contributed by atoms with E-state index >= 15 is 0 Å². The molecule has 0 aliphatic rings. The molecule has 126 valence electrons. The van der Waals surface area contributed by atoms with Crippen LogP contribution >= 0.6 is 0 Å². The smallest absolute Gasteiger partial charge is 0.0967 e. The van der Waals surface area contributed by atoms with E-state index in [0.717, 1.165) is 22.5 Å². The van der Waals surface area contributed by atoms with E-state index in [0.29, 0.717) is 13.1 Å². The average Bonchev–Trinajstić information content (AvgIpc) is 3.33. The molecular weight excluding hydrogens is 320 g/mol. The summed E-state index contributed by atoms with van der Waals surface area (Å²) in [7, 11) is 0. The minimum absolute atomic E-state index is 0.477. The molecule has 0 aliphatic heterocycles. The highest BCUT2D eigenvalue weighted by atomic mass is 15.3. The van der Waals surface area contributed by atoms with Gasteiger partial charge in [-0.05, 0) is 11.6 Å². The van der Waals surface area contributed by atoms with Gasteiger partial charge in [-0.25, -0.2) is 4.98 Å². The van der Waals surface area contributed by atoms with Crippen molar-refractivity contribution in [2.24, 2.45) is 0 Å². The predicted octanol–water partition coefficient (Wildman–Crippen LogP) is 4.10. The Morgan fingerprint density at radius 2 is 1.77 bits per heavy atom. The number of benzene rings is 2. The molecule has 0 unspecified atom stereocenters. The van der Waals surface area contributed by atoms with Gasteiger partial charge >= 0.3 is 0 Å². The maximum absolute atomic E-state index is 5.59. The Kier molecular flexibility index (Phi) is 4.36. The molecule has 0 amide bonds. The summed E-state index contributed by atoms with van der Waals surface area (Å²) in [5, 5.41) is 4.34. The summed E-state index contributed by atoms with van der Waals surface area (Å²) in [6, 6.07) is 20.5. The Hall–Kier alpha value is -3.58. The topological polar surface area (TPSA) is 35.6 Å². The van der Waals surface area contributed by atoms with Gasteiger partial charge in [0.25, 0.3) is 0 Å². The molecule has 2 aromatic carbocycles. The second-order valence-electron chi connectivity index (χ2n) is 6.00. The van der Waals surface area contributed by atoms with Crippen LogP contribution < -0.4 is 0 Å². The molecule has 2 heterocycles. The van der Waals surface area contributed by atoms with Gasteiger partial charge in [0, 0.05) is 23.5 Å². The normalized spacial score (nSPS) is 10.6. The first-order chi connectivity index (χ1) is 12.9. The Balaban J connectivity index is 1.88. The Morgan fingerprint density at radius 1 is 0.962 bits per heavy atom. The lowest BCUT2D eigenvalue weighted by atomic mass is 10.00. The van der Waals surface area contributed by atoms with Crippen LogP contribution in [-0.4, -0.2) is 19.3 Å². The number of imidazole rings is 1. The van der Waals surface area contributed by atoms with Gasteiger partial charge < -0.3 is 4.57 Å². The molecule has 4 aromatic rings. The number of nitrogens with zero attached hydrogens (tertiary/aromatic N) is 4. The van der Waals surface area contributed by atoms with Crippen molar-refractivity contribution in [3.63, 3.8) is 0 Å². The fourth-order valence-corrected chi connectivity index (χ4v) is 3.15. The summed E-state index contributed by atoms with van der Waals surface area (Å²) in [6.45, 7) is 1.17. The number of hydrogen-bond acceptors (Lipinski definition) is 2. The zero-order valence-electron chi connectivity index (χ0n) is 14.3. The van der Waals surface area contributed by atoms with Crippen molar-refractivity contribution >= 4 is 0 Å². The van der Waals surface area contributed by atoms with Crippen LogP contribution in [0.1, 0.15) is 5.56 Å². The van der Waals surface area contributed by atoms with E-state index < -0.39 is 0 Å². The summed E-state index contributed by atoms with van der Waals surface area (Å²) >= 11 is 0. The van der Waals surface area contributed by atoms with Crippen LogP contribution in [0.15, 0.2) is 79.4 Å². The molecule has 0 fully saturated rings. The minimum Gasteiger partial charge on any atom is -0.318 e. The maximum atomic E-state index is 5.59. The van der Waals surface area contributed by atoms with Crippen LogP contribution in [0, 0.1) is 12.3 Å². The molecule has 0 bridgehead atoms. The van der Waals surface area contributed by atoms with E-state index in [4.69, 9.17) is 6.42 Å². The van der Waals surface area contributed by atoms with Crippen molar-refractivity contribution in [2.75, 3.05) is 0 Å². The van der Waals surface area contributed by atoms with Crippen molar-refractivity contribution in [2.45, 2.75) is 13.1 Å². The zero-order chi connectivity index (χ0) is 17.8. The number of rotatable bonds is 5. The number of aromatic nitrogens is 4. The zero-order valence-corrected chi connectivity index (χ0v) is 14.3. The fraction of sp³-hybridized carbons (Fsp3) is 0.0909. The molecule has 4 rings (SSSR count). The highest BCUT2D eigenvalue weighted by Crippen LogP contribution is 2.33. The van der Waals surface area contributed by atoms with Crippen molar-refractivity contribution in [1.82, 2.24) is 19.3 Å². The van der Waals surface area contributed by atoms with Crippen LogP contribution in [0.4, 0.5) is 0 Å². The molecular formula is C22H18N4. The Bertz CT molecular complexity index is 1040. The van der Waals surface area contributed by atoms with Crippen LogP contribution in [-0.2, 0) is 13.1 Å². The molecule has 0 spiro atoms. The van der Waals surface area contributed by atoms with Crippen LogP contribution in [0.3, 0.4) is 0 Å². The molecule has 0 saturated carbocycles. The third-order valence-electron chi connectivity index (χ3n) is 4.31. The summed E-state index contributed by atoms with van der Waals surface area (Å²) in [5.41, 5.74) is 5.35. The first-order valence-corrected chi connectivity index (χ1v) is 8.46. The van der Waals surface area contributed by atoms with Gasteiger partial charge in [0.15, 0.2) is 0 Å². The van der Waals surface area contributed by atoms with Gasteiger partial charge in [0.2, 0.25) is 0 Å². The Morgan fingerprint density at radius 3 is 2.54 bits per heavy atom. The highest BCUT2D eigenvalue weighted by molar-refractivity contribution is 5.80.